The third kappa shape index (κ3) is 4.45. The number of likely N-dealkylation sites (tertiary alicyclic amines) is 1. The third-order valence-electron chi connectivity index (χ3n) is 4.32. The number of rotatable bonds is 6. The molecule has 1 aliphatic heterocycles. The van der Waals surface area contributed by atoms with Gasteiger partial charge in [-0.05, 0) is 50.2 Å². The topological polar surface area (TPSA) is 62.6 Å². The third-order valence-corrected chi connectivity index (χ3v) is 5.72. The highest BCUT2D eigenvalue weighted by atomic mass is 32.2. The van der Waals surface area contributed by atoms with Crippen LogP contribution < -0.4 is 4.72 Å². The fraction of sp³-hybridized carbons (Fsp3) is 0.412. The molecule has 1 aromatic carbocycles. The summed E-state index contributed by atoms with van der Waals surface area (Å²) in [5, 5.41) is 0. The van der Waals surface area contributed by atoms with Crippen LogP contribution >= 0.6 is 0 Å². The maximum absolute atomic E-state index is 13.3. The molecule has 1 N–H and O–H groups in total. The zero-order chi connectivity index (χ0) is 17.9. The molecule has 5 nitrogen and oxygen atoms in total. The lowest BCUT2D eigenvalue weighted by Crippen LogP contribution is -2.40. The lowest BCUT2D eigenvalue weighted by molar-refractivity contribution is 0.147. The number of hydrogen-bond acceptors (Lipinski definition) is 4. The number of nitrogens with one attached hydrogen (secondary N) is 1. The largest absolute Gasteiger partial charge is 0.468 e. The van der Waals surface area contributed by atoms with Crippen molar-refractivity contribution in [1.29, 1.82) is 0 Å². The molecule has 2 heterocycles. The Balaban J connectivity index is 1.78. The molecule has 1 fully saturated rings. The predicted octanol–water partition coefficient (Wildman–Crippen LogP) is 3.06. The lowest BCUT2D eigenvalue weighted by atomic mass is 10.1. The number of halogens is 2. The van der Waals surface area contributed by atoms with Gasteiger partial charge >= 0.3 is 0 Å². The van der Waals surface area contributed by atoms with Crippen molar-refractivity contribution in [3.63, 3.8) is 0 Å². The summed E-state index contributed by atoms with van der Waals surface area (Å²) in [6.45, 7) is 1.76. The summed E-state index contributed by atoms with van der Waals surface area (Å²) in [4.78, 5) is 1.73. The Morgan fingerprint density at radius 3 is 2.40 bits per heavy atom. The first-order valence-corrected chi connectivity index (χ1v) is 9.67. The van der Waals surface area contributed by atoms with Gasteiger partial charge < -0.3 is 4.42 Å². The van der Waals surface area contributed by atoms with E-state index in [1.165, 1.54) is 0 Å². The molecule has 3 rings (SSSR count). The summed E-state index contributed by atoms with van der Waals surface area (Å²) < 4.78 is 59.3. The fourth-order valence-corrected chi connectivity index (χ4v) is 4.16. The van der Waals surface area contributed by atoms with E-state index in [0.29, 0.717) is 11.8 Å². The summed E-state index contributed by atoms with van der Waals surface area (Å²) in [5.74, 6) is -1.20. The van der Waals surface area contributed by atoms with E-state index < -0.39 is 26.6 Å². The molecule has 0 bridgehead atoms. The highest BCUT2D eigenvalue weighted by molar-refractivity contribution is 7.89. The van der Waals surface area contributed by atoms with E-state index in [0.717, 1.165) is 44.5 Å². The Kier molecular flexibility index (Phi) is 5.51. The average molecular weight is 370 g/mol. The van der Waals surface area contributed by atoms with Gasteiger partial charge in [0.15, 0.2) is 0 Å². The van der Waals surface area contributed by atoms with Crippen LogP contribution in [-0.4, -0.2) is 33.0 Å². The van der Waals surface area contributed by atoms with Crippen molar-refractivity contribution in [2.24, 2.45) is 0 Å². The van der Waals surface area contributed by atoms with Gasteiger partial charge in [0.05, 0.1) is 17.2 Å². The van der Waals surface area contributed by atoms with Crippen LogP contribution in [0.15, 0.2) is 45.9 Å². The molecular formula is C17H20F2N2O3S. The van der Waals surface area contributed by atoms with Crippen molar-refractivity contribution >= 4 is 10.0 Å². The van der Waals surface area contributed by atoms with Crippen LogP contribution in [0.4, 0.5) is 8.78 Å². The van der Waals surface area contributed by atoms with Crippen molar-refractivity contribution in [2.75, 3.05) is 19.6 Å². The molecule has 2 aromatic rings. The second-order valence-electron chi connectivity index (χ2n) is 6.08. The molecule has 1 atom stereocenters. The Bertz CT molecular complexity index is 783. The smallest absolute Gasteiger partial charge is 0.240 e. The number of hydrogen-bond donors (Lipinski definition) is 1. The van der Waals surface area contributed by atoms with Crippen LogP contribution in [-0.2, 0) is 10.0 Å². The number of benzene rings is 1. The lowest BCUT2D eigenvalue weighted by Gasteiger charge is -2.33. The molecular weight excluding hydrogens is 350 g/mol. The first kappa shape index (κ1) is 18.0. The molecule has 25 heavy (non-hydrogen) atoms. The van der Waals surface area contributed by atoms with Crippen molar-refractivity contribution in [1.82, 2.24) is 9.62 Å². The van der Waals surface area contributed by atoms with E-state index in [2.05, 4.69) is 9.62 Å². The van der Waals surface area contributed by atoms with Crippen LogP contribution in [0.25, 0.3) is 0 Å². The fourth-order valence-electron chi connectivity index (χ4n) is 3.08. The van der Waals surface area contributed by atoms with Gasteiger partial charge in [0.25, 0.3) is 0 Å². The Labute approximate surface area is 145 Å². The van der Waals surface area contributed by atoms with Crippen LogP contribution in [0, 0.1) is 11.6 Å². The second-order valence-corrected chi connectivity index (χ2v) is 7.85. The van der Waals surface area contributed by atoms with E-state index in [9.17, 15) is 17.2 Å². The summed E-state index contributed by atoms with van der Waals surface area (Å²) in [6, 6.07) is 5.53. The van der Waals surface area contributed by atoms with Gasteiger partial charge in [-0.2, -0.15) is 0 Å². The minimum Gasteiger partial charge on any atom is -0.468 e. The zero-order valence-corrected chi connectivity index (χ0v) is 14.4. The molecule has 0 unspecified atom stereocenters. The Morgan fingerprint density at radius 1 is 1.12 bits per heavy atom. The summed E-state index contributed by atoms with van der Waals surface area (Å²) >= 11 is 0. The van der Waals surface area contributed by atoms with Crippen LogP contribution in [0.3, 0.4) is 0 Å². The quantitative estimate of drug-likeness (QED) is 0.849. The van der Waals surface area contributed by atoms with Gasteiger partial charge in [-0.3, -0.25) is 4.90 Å². The van der Waals surface area contributed by atoms with Crippen molar-refractivity contribution < 1.29 is 21.6 Å². The maximum Gasteiger partial charge on any atom is 0.240 e. The summed E-state index contributed by atoms with van der Waals surface area (Å²) in [6.07, 6.45) is 4.77. The SMILES string of the molecule is O=S(=O)(NC[C@H](c1ccco1)N1CCCCC1)c1cc(F)cc(F)c1. The maximum atomic E-state index is 13.3. The van der Waals surface area contributed by atoms with Crippen LogP contribution in [0.5, 0.6) is 0 Å². The van der Waals surface area contributed by atoms with Crippen LogP contribution in [0.1, 0.15) is 31.1 Å². The molecule has 0 radical (unpaired) electrons. The molecule has 1 aliphatic rings. The summed E-state index contributed by atoms with van der Waals surface area (Å²) in [5.41, 5.74) is 0. The second kappa shape index (κ2) is 7.63. The van der Waals surface area contributed by atoms with Crippen molar-refractivity contribution in [2.45, 2.75) is 30.2 Å². The van der Waals surface area contributed by atoms with Gasteiger partial charge in [-0.25, -0.2) is 21.9 Å². The molecule has 1 saturated heterocycles. The predicted molar refractivity (Wildman–Crippen MR) is 88.4 cm³/mol. The van der Waals surface area contributed by atoms with Gasteiger partial charge in [-0.1, -0.05) is 6.42 Å². The number of nitrogens with zero attached hydrogens (tertiary/aromatic N) is 1. The van der Waals surface area contributed by atoms with Crippen LogP contribution in [0.2, 0.25) is 0 Å². The highest BCUT2D eigenvalue weighted by Crippen LogP contribution is 2.25. The van der Waals surface area contributed by atoms with Gasteiger partial charge in [-0.15, -0.1) is 0 Å². The van der Waals surface area contributed by atoms with E-state index in [1.807, 2.05) is 0 Å². The first-order valence-electron chi connectivity index (χ1n) is 8.19. The summed E-state index contributed by atoms with van der Waals surface area (Å²) in [7, 11) is -4.03. The van der Waals surface area contributed by atoms with Gasteiger partial charge in [0.2, 0.25) is 10.0 Å². The monoisotopic (exact) mass is 370 g/mol. The highest BCUT2D eigenvalue weighted by Gasteiger charge is 2.27. The molecule has 1 aromatic heterocycles. The Hall–Kier alpha value is -1.77. The Morgan fingerprint density at radius 2 is 1.80 bits per heavy atom. The molecule has 0 saturated carbocycles. The van der Waals surface area contributed by atoms with E-state index >= 15 is 0 Å². The number of sulfonamides is 1. The van der Waals surface area contributed by atoms with Crippen molar-refractivity contribution in [3.8, 4) is 0 Å². The average Bonchev–Trinajstić information content (AvgIpc) is 3.09. The minimum atomic E-state index is -4.03. The normalized spacial score (nSPS) is 17.5. The molecule has 136 valence electrons. The molecule has 0 amide bonds. The number of furan rings is 1. The first-order chi connectivity index (χ1) is 12.0. The standard InChI is InChI=1S/C17H20F2N2O3S/c18-13-9-14(19)11-15(10-13)25(22,23)20-12-16(17-5-4-8-24-17)21-6-2-1-3-7-21/h4-5,8-11,16,20H,1-3,6-7,12H2/t16-/m1/s1. The van der Waals surface area contributed by atoms with Crippen molar-refractivity contribution in [3.05, 3.63) is 54.0 Å². The number of piperidine rings is 1. The van der Waals surface area contributed by atoms with E-state index in [1.54, 1.807) is 18.4 Å². The minimum absolute atomic E-state index is 0.0635. The molecule has 0 spiro atoms. The van der Waals surface area contributed by atoms with Gasteiger partial charge in [0, 0.05) is 12.6 Å². The van der Waals surface area contributed by atoms with E-state index in [-0.39, 0.29) is 12.6 Å². The zero-order valence-electron chi connectivity index (χ0n) is 13.6. The van der Waals surface area contributed by atoms with E-state index in [4.69, 9.17) is 4.42 Å². The molecule has 8 heteroatoms. The van der Waals surface area contributed by atoms with Gasteiger partial charge in [0.1, 0.15) is 17.4 Å². The molecule has 0 aliphatic carbocycles.